The van der Waals surface area contributed by atoms with Gasteiger partial charge in [0, 0.05) is 22.9 Å². The minimum Gasteiger partial charge on any atom is -1.00 e. The van der Waals surface area contributed by atoms with E-state index in [1.54, 1.807) is 0 Å². The lowest BCUT2D eigenvalue weighted by Crippen LogP contribution is -3.00. The fourth-order valence-corrected chi connectivity index (χ4v) is 7.51. The summed E-state index contributed by atoms with van der Waals surface area (Å²) >= 11 is 2.07. The molecule has 0 aliphatic heterocycles. The standard InChI is InChI=1S/C33H28NOS.BrH/c35-30(27-12-10-24-5-1-6-25-11-13-28(27)32(24)25)21-34-17-14-22(15-18-34)16-19-36-31-20-26-8-2-4-23-7-3-9-29(31)33(23)26;/h1-10,12,14-15,17-18,31H,11,13,16,19-21H2;1H/q+1;/p-1. The summed E-state index contributed by atoms with van der Waals surface area (Å²) in [4.78, 5) is 13.2. The largest absolute Gasteiger partial charge is 1.00 e. The number of carbonyl (C=O) groups excluding carboxylic acids is 1. The molecule has 5 aromatic rings. The average molecular weight is 567 g/mol. The normalized spacial score (nSPS) is 15.3. The highest BCUT2D eigenvalue weighted by atomic mass is 79.9. The number of hydrogen-bond donors (Lipinski definition) is 0. The minimum atomic E-state index is 0. The van der Waals surface area contributed by atoms with Gasteiger partial charge in [-0.2, -0.15) is 16.3 Å². The van der Waals surface area contributed by atoms with Crippen LogP contribution in [0, 0.1) is 0 Å². The molecule has 37 heavy (non-hydrogen) atoms. The average Bonchev–Trinajstić information content (AvgIpc) is 3.50. The van der Waals surface area contributed by atoms with Crippen molar-refractivity contribution in [2.45, 2.75) is 37.5 Å². The second kappa shape index (κ2) is 10.1. The molecule has 0 bridgehead atoms. The molecule has 0 N–H and O–H groups in total. The number of thioether (sulfide) groups is 1. The van der Waals surface area contributed by atoms with Crippen LogP contribution in [0.25, 0.3) is 21.5 Å². The van der Waals surface area contributed by atoms with Gasteiger partial charge in [0.25, 0.3) is 0 Å². The molecule has 0 saturated carbocycles. The van der Waals surface area contributed by atoms with Crippen LogP contribution in [0.1, 0.15) is 43.4 Å². The van der Waals surface area contributed by atoms with Crippen LogP contribution in [0.15, 0.2) is 91.3 Å². The van der Waals surface area contributed by atoms with Crippen molar-refractivity contribution < 1.29 is 26.3 Å². The Balaban J connectivity index is 0.00000252. The molecule has 2 aliphatic rings. The molecule has 0 amide bonds. The van der Waals surface area contributed by atoms with Crippen LogP contribution < -0.4 is 21.5 Å². The number of rotatable bonds is 7. The van der Waals surface area contributed by atoms with Crippen molar-refractivity contribution in [3.05, 3.63) is 125 Å². The Labute approximate surface area is 232 Å². The molecule has 1 unspecified atom stereocenters. The molecule has 4 heteroatoms. The summed E-state index contributed by atoms with van der Waals surface area (Å²) in [5.41, 5.74) is 7.84. The van der Waals surface area contributed by atoms with Crippen LogP contribution in [-0.2, 0) is 32.2 Å². The summed E-state index contributed by atoms with van der Waals surface area (Å²) in [6, 6.07) is 28.4. The molecular weight excluding hydrogens is 538 g/mol. The third-order valence-electron chi connectivity index (χ3n) is 7.96. The van der Waals surface area contributed by atoms with Crippen molar-refractivity contribution in [3.8, 4) is 0 Å². The van der Waals surface area contributed by atoms with Crippen molar-refractivity contribution in [2.75, 3.05) is 5.75 Å². The molecule has 184 valence electrons. The molecule has 0 fully saturated rings. The highest BCUT2D eigenvalue weighted by Gasteiger charge is 2.25. The zero-order valence-electron chi connectivity index (χ0n) is 20.6. The van der Waals surface area contributed by atoms with Gasteiger partial charge in [0.15, 0.2) is 12.4 Å². The summed E-state index contributed by atoms with van der Waals surface area (Å²) in [5, 5.41) is 5.96. The lowest BCUT2D eigenvalue weighted by molar-refractivity contribution is -0.683. The van der Waals surface area contributed by atoms with Gasteiger partial charge in [-0.1, -0.05) is 66.7 Å². The Morgan fingerprint density at radius 1 is 0.811 bits per heavy atom. The number of benzene rings is 4. The summed E-state index contributed by atoms with van der Waals surface area (Å²) in [5.74, 6) is 1.30. The SMILES string of the molecule is O=C(C[n+]1ccc(CCSC2Cc3cccc4cccc2c34)cc1)c1ccc2cccc3c2c1CC3.[Br-]. The Bertz CT molecular complexity index is 1640. The first kappa shape index (κ1) is 24.4. The van der Waals surface area contributed by atoms with Gasteiger partial charge in [-0.05, 0) is 80.8 Å². The maximum atomic E-state index is 13.2. The Hall–Kier alpha value is -2.95. The number of aryl methyl sites for hydroxylation is 3. The first-order valence-corrected chi connectivity index (χ1v) is 14.0. The zero-order valence-corrected chi connectivity index (χ0v) is 23.0. The smallest absolute Gasteiger partial charge is 0.227 e. The number of aromatic nitrogens is 1. The number of Topliss-reactive ketones (excluding diaryl/α,β-unsaturated/α-hetero) is 1. The molecule has 0 radical (unpaired) electrons. The van der Waals surface area contributed by atoms with Crippen molar-refractivity contribution in [1.82, 2.24) is 0 Å². The minimum absolute atomic E-state index is 0. The third kappa shape index (κ3) is 4.41. The van der Waals surface area contributed by atoms with Gasteiger partial charge in [0.1, 0.15) is 0 Å². The number of pyridine rings is 1. The van der Waals surface area contributed by atoms with Gasteiger partial charge in [-0.15, -0.1) is 0 Å². The lowest BCUT2D eigenvalue weighted by atomic mass is 9.97. The summed E-state index contributed by atoms with van der Waals surface area (Å²) < 4.78 is 2.02. The van der Waals surface area contributed by atoms with Gasteiger partial charge in [-0.3, -0.25) is 4.79 Å². The van der Waals surface area contributed by atoms with E-state index >= 15 is 0 Å². The van der Waals surface area contributed by atoms with E-state index in [2.05, 4.69) is 97.0 Å². The molecule has 2 nitrogen and oxygen atoms in total. The van der Waals surface area contributed by atoms with Crippen molar-refractivity contribution >= 4 is 39.1 Å². The first-order chi connectivity index (χ1) is 17.7. The monoisotopic (exact) mass is 565 g/mol. The highest BCUT2D eigenvalue weighted by Crippen LogP contribution is 2.44. The summed E-state index contributed by atoms with van der Waals surface area (Å²) in [7, 11) is 0. The van der Waals surface area contributed by atoms with E-state index in [4.69, 9.17) is 0 Å². The molecule has 1 heterocycles. The van der Waals surface area contributed by atoms with Crippen LogP contribution >= 0.6 is 11.8 Å². The van der Waals surface area contributed by atoms with Gasteiger partial charge in [0.05, 0.1) is 0 Å². The predicted octanol–water partition coefficient (Wildman–Crippen LogP) is 3.84. The Kier molecular flexibility index (Phi) is 6.64. The number of nitrogens with zero attached hydrogens (tertiary/aromatic N) is 1. The van der Waals surface area contributed by atoms with Crippen LogP contribution in [0.4, 0.5) is 0 Å². The number of ketones is 1. The quantitative estimate of drug-likeness (QED) is 0.221. The molecule has 0 saturated heterocycles. The fraction of sp³-hybridized carbons (Fsp3) is 0.212. The van der Waals surface area contributed by atoms with Gasteiger partial charge >= 0.3 is 0 Å². The molecular formula is C33H28BrNOS. The first-order valence-electron chi connectivity index (χ1n) is 12.9. The predicted molar refractivity (Wildman–Crippen MR) is 149 cm³/mol. The summed E-state index contributed by atoms with van der Waals surface area (Å²) in [6.07, 6.45) is 8.32. The highest BCUT2D eigenvalue weighted by molar-refractivity contribution is 7.99. The van der Waals surface area contributed by atoms with E-state index in [1.807, 2.05) is 10.6 Å². The third-order valence-corrected chi connectivity index (χ3v) is 9.22. The maximum Gasteiger partial charge on any atom is 0.227 e. The summed E-state index contributed by atoms with van der Waals surface area (Å²) in [6.45, 7) is 0.389. The second-order valence-corrected chi connectivity index (χ2v) is 11.4. The van der Waals surface area contributed by atoms with Crippen LogP contribution in [0.3, 0.4) is 0 Å². The van der Waals surface area contributed by atoms with Crippen molar-refractivity contribution in [1.29, 1.82) is 0 Å². The fourth-order valence-electron chi connectivity index (χ4n) is 6.20. The molecule has 2 aliphatic carbocycles. The van der Waals surface area contributed by atoms with E-state index in [9.17, 15) is 4.79 Å². The van der Waals surface area contributed by atoms with Gasteiger partial charge in [-0.25, -0.2) is 0 Å². The second-order valence-electron chi connectivity index (χ2n) is 10.1. The van der Waals surface area contributed by atoms with Gasteiger partial charge < -0.3 is 17.0 Å². The number of halogens is 1. The van der Waals surface area contributed by atoms with E-state index in [0.29, 0.717) is 11.8 Å². The van der Waals surface area contributed by atoms with Gasteiger partial charge in [0.2, 0.25) is 12.3 Å². The Morgan fingerprint density at radius 2 is 1.54 bits per heavy atom. The Morgan fingerprint density at radius 3 is 2.35 bits per heavy atom. The molecule has 4 aromatic carbocycles. The molecule has 7 rings (SSSR count). The molecule has 1 aromatic heterocycles. The zero-order chi connectivity index (χ0) is 24.1. The maximum absolute atomic E-state index is 13.2. The molecule has 1 atom stereocenters. The van der Waals surface area contributed by atoms with E-state index in [0.717, 1.165) is 37.0 Å². The van der Waals surface area contributed by atoms with Crippen LogP contribution in [-0.4, -0.2) is 11.5 Å². The lowest BCUT2D eigenvalue weighted by Gasteiger charge is -2.11. The molecule has 0 spiro atoms. The van der Waals surface area contributed by atoms with E-state index in [1.165, 1.54) is 49.4 Å². The van der Waals surface area contributed by atoms with Crippen LogP contribution in [0.2, 0.25) is 0 Å². The topological polar surface area (TPSA) is 20.9 Å². The number of hydrogen-bond acceptors (Lipinski definition) is 2. The van der Waals surface area contributed by atoms with E-state index in [-0.39, 0.29) is 22.8 Å². The van der Waals surface area contributed by atoms with E-state index < -0.39 is 0 Å². The van der Waals surface area contributed by atoms with Crippen LogP contribution in [0.5, 0.6) is 0 Å². The van der Waals surface area contributed by atoms with Crippen molar-refractivity contribution in [2.24, 2.45) is 0 Å². The number of carbonyl (C=O) groups is 1. The van der Waals surface area contributed by atoms with Crippen molar-refractivity contribution in [3.63, 3.8) is 0 Å².